The third-order valence-corrected chi connectivity index (χ3v) is 3.97. The topological polar surface area (TPSA) is 49.9 Å². The quantitative estimate of drug-likeness (QED) is 0.670. The van der Waals surface area contributed by atoms with Gasteiger partial charge >= 0.3 is 6.18 Å². The fourth-order valence-corrected chi connectivity index (χ4v) is 2.72. The van der Waals surface area contributed by atoms with Crippen LogP contribution in [0.2, 0.25) is 0 Å². The summed E-state index contributed by atoms with van der Waals surface area (Å²) in [6, 6.07) is 4.95. The molecule has 24 heavy (non-hydrogen) atoms. The molecular formula is C16H20F3N3OS. The first-order valence-corrected chi connectivity index (χ1v) is 8.50. The molecule has 0 aliphatic heterocycles. The van der Waals surface area contributed by atoms with Crippen LogP contribution < -0.4 is 10.1 Å². The van der Waals surface area contributed by atoms with Gasteiger partial charge in [0.2, 0.25) is 0 Å². The molecule has 2 N–H and O–H groups in total. The first-order chi connectivity index (χ1) is 11.3. The van der Waals surface area contributed by atoms with Gasteiger partial charge in [0, 0.05) is 30.4 Å². The molecule has 0 radical (unpaired) electrons. The van der Waals surface area contributed by atoms with E-state index in [-0.39, 0.29) is 5.75 Å². The number of ether oxygens (including phenoxy) is 1. The standard InChI is InChI=1S/C16H20F3N3OS/c1-11(2)8-22-14-4-3-13(23-10-16(17,18)19)7-12(14)9-24-15-20-5-6-21-15/h3-7,11,22H,8-10H2,1-2H3,(H,20,21). The second kappa shape index (κ2) is 8.32. The van der Waals surface area contributed by atoms with E-state index in [1.54, 1.807) is 30.6 Å². The zero-order valence-electron chi connectivity index (χ0n) is 13.5. The monoisotopic (exact) mass is 359 g/mol. The highest BCUT2D eigenvalue weighted by Gasteiger charge is 2.28. The Labute approximate surface area is 143 Å². The van der Waals surface area contributed by atoms with Crippen molar-refractivity contribution < 1.29 is 17.9 Å². The number of aromatic nitrogens is 2. The Morgan fingerprint density at radius 1 is 1.33 bits per heavy atom. The number of aromatic amines is 1. The number of thioether (sulfide) groups is 1. The number of imidazole rings is 1. The fourth-order valence-electron chi connectivity index (χ4n) is 1.91. The normalized spacial score (nSPS) is 11.8. The number of halogens is 3. The van der Waals surface area contributed by atoms with Gasteiger partial charge in [-0.1, -0.05) is 25.6 Å². The number of nitrogens with zero attached hydrogens (tertiary/aromatic N) is 1. The van der Waals surface area contributed by atoms with Gasteiger partial charge in [0.05, 0.1) is 0 Å². The van der Waals surface area contributed by atoms with Gasteiger partial charge in [0.15, 0.2) is 11.8 Å². The lowest BCUT2D eigenvalue weighted by molar-refractivity contribution is -0.153. The molecule has 0 aliphatic rings. The van der Waals surface area contributed by atoms with Gasteiger partial charge in [-0.05, 0) is 29.7 Å². The van der Waals surface area contributed by atoms with Gasteiger partial charge in [0.1, 0.15) is 5.75 Å². The van der Waals surface area contributed by atoms with Crippen molar-refractivity contribution in [3.8, 4) is 5.75 Å². The molecule has 1 aromatic heterocycles. The van der Waals surface area contributed by atoms with Crippen LogP contribution in [0.4, 0.5) is 18.9 Å². The average Bonchev–Trinajstić information content (AvgIpc) is 3.02. The van der Waals surface area contributed by atoms with E-state index in [0.29, 0.717) is 11.7 Å². The highest BCUT2D eigenvalue weighted by Crippen LogP contribution is 2.29. The summed E-state index contributed by atoms with van der Waals surface area (Å²) in [5, 5.41) is 4.08. The van der Waals surface area contributed by atoms with Crippen LogP contribution in [-0.4, -0.2) is 29.3 Å². The van der Waals surface area contributed by atoms with Crippen molar-refractivity contribution in [2.75, 3.05) is 18.5 Å². The number of alkyl halides is 3. The largest absolute Gasteiger partial charge is 0.484 e. The third kappa shape index (κ3) is 6.35. The number of benzene rings is 1. The molecule has 1 heterocycles. The smallest absolute Gasteiger partial charge is 0.422 e. The van der Waals surface area contributed by atoms with E-state index in [9.17, 15) is 13.2 Å². The summed E-state index contributed by atoms with van der Waals surface area (Å²) in [5.74, 6) is 1.23. The van der Waals surface area contributed by atoms with Crippen LogP contribution in [-0.2, 0) is 5.75 Å². The van der Waals surface area contributed by atoms with Gasteiger partial charge in [-0.25, -0.2) is 4.98 Å². The van der Waals surface area contributed by atoms with Crippen molar-refractivity contribution in [2.24, 2.45) is 5.92 Å². The summed E-state index contributed by atoms with van der Waals surface area (Å²) in [4.78, 5) is 7.12. The molecule has 0 atom stereocenters. The minimum absolute atomic E-state index is 0.206. The van der Waals surface area contributed by atoms with E-state index in [1.165, 1.54) is 11.8 Å². The molecule has 4 nitrogen and oxygen atoms in total. The van der Waals surface area contributed by atoms with Crippen molar-refractivity contribution in [1.82, 2.24) is 9.97 Å². The molecule has 0 unspecified atom stereocenters. The molecule has 1 aromatic carbocycles. The lowest BCUT2D eigenvalue weighted by Gasteiger charge is -2.16. The SMILES string of the molecule is CC(C)CNc1ccc(OCC(F)(F)F)cc1CSc1ncc[nH]1. The van der Waals surface area contributed by atoms with Crippen LogP contribution in [0.25, 0.3) is 0 Å². The lowest BCUT2D eigenvalue weighted by Crippen LogP contribution is -2.19. The molecular weight excluding hydrogens is 339 g/mol. The molecule has 0 aliphatic carbocycles. The molecule has 0 saturated carbocycles. The minimum Gasteiger partial charge on any atom is -0.484 e. The summed E-state index contributed by atoms with van der Waals surface area (Å²) in [7, 11) is 0. The molecule has 0 bridgehead atoms. The number of hydrogen-bond acceptors (Lipinski definition) is 4. The van der Waals surface area contributed by atoms with Gasteiger partial charge in [-0.3, -0.25) is 0 Å². The van der Waals surface area contributed by atoms with Gasteiger partial charge in [-0.15, -0.1) is 0 Å². The zero-order chi connectivity index (χ0) is 17.6. The predicted molar refractivity (Wildman–Crippen MR) is 89.5 cm³/mol. The Morgan fingerprint density at radius 3 is 2.75 bits per heavy atom. The van der Waals surface area contributed by atoms with E-state index in [1.807, 2.05) is 0 Å². The molecule has 0 fully saturated rings. The second-order valence-electron chi connectivity index (χ2n) is 5.68. The van der Waals surface area contributed by atoms with E-state index < -0.39 is 12.8 Å². The maximum atomic E-state index is 12.3. The van der Waals surface area contributed by atoms with Crippen molar-refractivity contribution in [3.05, 3.63) is 36.2 Å². The van der Waals surface area contributed by atoms with E-state index in [0.717, 1.165) is 23.0 Å². The van der Waals surface area contributed by atoms with Crippen LogP contribution in [0.3, 0.4) is 0 Å². The highest BCUT2D eigenvalue weighted by atomic mass is 32.2. The molecule has 0 amide bonds. The zero-order valence-corrected chi connectivity index (χ0v) is 14.3. The molecule has 132 valence electrons. The maximum Gasteiger partial charge on any atom is 0.422 e. The summed E-state index contributed by atoms with van der Waals surface area (Å²) < 4.78 is 41.8. The van der Waals surface area contributed by atoms with Crippen LogP contribution in [0.15, 0.2) is 35.7 Å². The first-order valence-electron chi connectivity index (χ1n) is 7.52. The Kier molecular flexibility index (Phi) is 6.42. The molecule has 2 aromatic rings. The summed E-state index contributed by atoms with van der Waals surface area (Å²) in [5.41, 5.74) is 1.76. The highest BCUT2D eigenvalue weighted by molar-refractivity contribution is 7.98. The Bertz CT molecular complexity index is 630. The van der Waals surface area contributed by atoms with E-state index >= 15 is 0 Å². The Balaban J connectivity index is 2.10. The number of anilines is 1. The van der Waals surface area contributed by atoms with Gasteiger partial charge in [0.25, 0.3) is 0 Å². The Morgan fingerprint density at radius 2 is 2.12 bits per heavy atom. The van der Waals surface area contributed by atoms with E-state index in [2.05, 4.69) is 29.1 Å². The molecule has 2 rings (SSSR count). The van der Waals surface area contributed by atoms with Crippen molar-refractivity contribution in [2.45, 2.75) is 30.9 Å². The Hall–Kier alpha value is -1.83. The van der Waals surface area contributed by atoms with Gasteiger partial charge in [-0.2, -0.15) is 13.2 Å². The van der Waals surface area contributed by atoms with Crippen LogP contribution >= 0.6 is 11.8 Å². The first kappa shape index (κ1) is 18.5. The van der Waals surface area contributed by atoms with Crippen LogP contribution in [0.5, 0.6) is 5.75 Å². The van der Waals surface area contributed by atoms with Crippen molar-refractivity contribution >= 4 is 17.4 Å². The van der Waals surface area contributed by atoms with Crippen molar-refractivity contribution in [1.29, 1.82) is 0 Å². The molecule has 8 heteroatoms. The second-order valence-corrected chi connectivity index (χ2v) is 6.64. The number of H-pyrrole nitrogens is 1. The number of hydrogen-bond donors (Lipinski definition) is 2. The fraction of sp³-hybridized carbons (Fsp3) is 0.438. The van der Waals surface area contributed by atoms with Crippen molar-refractivity contribution in [3.63, 3.8) is 0 Å². The summed E-state index contributed by atoms with van der Waals surface area (Å²) in [6.45, 7) is 3.66. The third-order valence-electron chi connectivity index (χ3n) is 3.02. The maximum absolute atomic E-state index is 12.3. The van der Waals surface area contributed by atoms with Crippen LogP contribution in [0, 0.1) is 5.92 Å². The van der Waals surface area contributed by atoms with Crippen LogP contribution in [0.1, 0.15) is 19.4 Å². The number of nitrogens with one attached hydrogen (secondary N) is 2. The average molecular weight is 359 g/mol. The number of rotatable bonds is 8. The van der Waals surface area contributed by atoms with Gasteiger partial charge < -0.3 is 15.0 Å². The van der Waals surface area contributed by atoms with E-state index in [4.69, 9.17) is 4.74 Å². The summed E-state index contributed by atoms with van der Waals surface area (Å²) >= 11 is 1.48. The summed E-state index contributed by atoms with van der Waals surface area (Å²) in [6.07, 6.45) is -0.968. The lowest BCUT2D eigenvalue weighted by atomic mass is 10.1. The predicted octanol–water partition coefficient (Wildman–Crippen LogP) is 4.71. The minimum atomic E-state index is -4.35. The molecule has 0 saturated heterocycles. The molecule has 0 spiro atoms.